The fourth-order valence-corrected chi connectivity index (χ4v) is 5.26. The smallest absolute Gasteiger partial charge is 0.457 e. The van der Waals surface area contributed by atoms with Crippen LogP contribution in [0.3, 0.4) is 0 Å². The first kappa shape index (κ1) is 51.6. The molecule has 0 saturated heterocycles. The molecule has 0 radical (unpaired) electrons. The normalized spacial score (nSPS) is 14.4. The molecular weight excluding hydrogens is 974 g/mol. The molecule has 0 heterocycles. The average Bonchev–Trinajstić information content (AvgIpc) is 3.20. The van der Waals surface area contributed by atoms with E-state index in [9.17, 15) is 96.6 Å². The fourth-order valence-electron chi connectivity index (χ4n) is 4.45. The van der Waals surface area contributed by atoms with Gasteiger partial charge in [0.25, 0.3) is 0 Å². The largest absolute Gasteiger partial charge is 0.460 e. The number of hydrogen-bond donors (Lipinski definition) is 2. The van der Waals surface area contributed by atoms with Crippen molar-refractivity contribution in [1.82, 2.24) is 0 Å². The first-order chi connectivity index (χ1) is 29.5. The molecule has 0 aromatic heterocycles. The van der Waals surface area contributed by atoms with Crippen LogP contribution in [0.15, 0.2) is 118 Å². The lowest BCUT2D eigenvalue weighted by atomic mass is 10.0. The van der Waals surface area contributed by atoms with Gasteiger partial charge in [-0.05, 0) is 72.8 Å². The summed E-state index contributed by atoms with van der Waals surface area (Å²) in [6.07, 6.45) is -14.6. The van der Waals surface area contributed by atoms with Crippen LogP contribution in [0, 0.1) is 0 Å². The molecule has 0 atom stereocenters. The Morgan fingerprint density at radius 1 is 0.385 bits per heavy atom. The summed E-state index contributed by atoms with van der Waals surface area (Å²) in [6.45, 7) is 0. The van der Waals surface area contributed by atoms with Crippen molar-refractivity contribution in [2.75, 3.05) is 11.5 Å². The number of anilines is 2. The third-order valence-electron chi connectivity index (χ3n) is 7.91. The standard InChI is InChI=1S/C36H18F22N2O4S/c37-25(29(41,42)31(45,46)33(49,50)35(53,54)55)27(39)63-23-13-17(5-11-21(23)59)61-15-1-7-19(8-2-15)65-20-9-3-16(4-10-20)62-18-6-12-22(60)24(14-18)64-28(40)26(38)30(43,44)32(47,48)34(51,52)36(56,57)58/h1-14H,59-60H2. The molecule has 4 aromatic carbocycles. The second-order valence-corrected chi connectivity index (χ2v) is 13.6. The highest BCUT2D eigenvalue weighted by Crippen LogP contribution is 2.57. The van der Waals surface area contributed by atoms with Gasteiger partial charge in [0.15, 0.2) is 11.5 Å². The van der Waals surface area contributed by atoms with Gasteiger partial charge in [-0.1, -0.05) is 11.8 Å². The van der Waals surface area contributed by atoms with Gasteiger partial charge < -0.3 is 30.4 Å². The van der Waals surface area contributed by atoms with Crippen molar-refractivity contribution in [1.29, 1.82) is 0 Å². The minimum absolute atomic E-state index is 0.0452. The molecule has 0 amide bonds. The number of hydrogen-bond acceptors (Lipinski definition) is 7. The van der Waals surface area contributed by atoms with E-state index in [2.05, 4.69) is 9.47 Å². The van der Waals surface area contributed by atoms with Crippen LogP contribution >= 0.6 is 11.8 Å². The highest BCUT2D eigenvalue weighted by molar-refractivity contribution is 7.99. The van der Waals surface area contributed by atoms with E-state index in [1.54, 1.807) is 0 Å². The van der Waals surface area contributed by atoms with Crippen molar-refractivity contribution in [2.24, 2.45) is 0 Å². The minimum Gasteiger partial charge on any atom is -0.457 e. The number of allylic oxidation sites excluding steroid dienone is 2. The molecule has 0 bridgehead atoms. The van der Waals surface area contributed by atoms with E-state index >= 15 is 0 Å². The number of rotatable bonds is 16. The van der Waals surface area contributed by atoms with Gasteiger partial charge in [-0.3, -0.25) is 0 Å². The van der Waals surface area contributed by atoms with Crippen LogP contribution in [0.5, 0.6) is 34.5 Å². The molecule has 29 heteroatoms. The molecule has 4 rings (SSSR count). The van der Waals surface area contributed by atoms with Gasteiger partial charge in [-0.25, -0.2) is 0 Å². The van der Waals surface area contributed by atoms with E-state index in [0.29, 0.717) is 21.9 Å². The second kappa shape index (κ2) is 17.7. The number of nitrogens with two attached hydrogens (primary N) is 2. The predicted molar refractivity (Wildman–Crippen MR) is 180 cm³/mol. The van der Waals surface area contributed by atoms with E-state index in [1.807, 2.05) is 0 Å². The average molecular weight is 993 g/mol. The van der Waals surface area contributed by atoms with E-state index in [-0.39, 0.29) is 11.5 Å². The Labute approximate surface area is 351 Å². The number of benzene rings is 4. The van der Waals surface area contributed by atoms with E-state index in [0.717, 1.165) is 36.0 Å². The van der Waals surface area contributed by atoms with Gasteiger partial charge in [0.1, 0.15) is 23.0 Å². The van der Waals surface area contributed by atoms with E-state index in [1.165, 1.54) is 48.5 Å². The van der Waals surface area contributed by atoms with Crippen LogP contribution in [-0.4, -0.2) is 47.9 Å². The van der Waals surface area contributed by atoms with E-state index in [4.69, 9.17) is 20.9 Å². The Bertz CT molecular complexity index is 2250. The van der Waals surface area contributed by atoms with Gasteiger partial charge in [0.05, 0.1) is 11.4 Å². The van der Waals surface area contributed by atoms with Crippen molar-refractivity contribution in [3.63, 3.8) is 0 Å². The van der Waals surface area contributed by atoms with Gasteiger partial charge in [0, 0.05) is 21.9 Å². The molecular formula is C36H18F22N2O4S. The van der Waals surface area contributed by atoms with Gasteiger partial charge in [0.2, 0.25) is 11.7 Å². The summed E-state index contributed by atoms with van der Waals surface area (Å²) >= 11 is 1.06. The molecule has 0 aliphatic rings. The number of ether oxygens (including phenoxy) is 4. The molecule has 6 nitrogen and oxygen atoms in total. The summed E-state index contributed by atoms with van der Waals surface area (Å²) in [5, 5.41) is 0. The molecule has 0 aliphatic heterocycles. The molecule has 0 aliphatic carbocycles. The summed E-state index contributed by atoms with van der Waals surface area (Å²) in [6, 6.07) is 8.90. The lowest BCUT2D eigenvalue weighted by Gasteiger charge is -2.32. The second-order valence-electron chi connectivity index (χ2n) is 12.5. The first-order valence-corrected chi connectivity index (χ1v) is 17.2. The van der Waals surface area contributed by atoms with E-state index < -0.39 is 106 Å². The van der Waals surface area contributed by atoms with Gasteiger partial charge in [-0.15, -0.1) is 0 Å². The van der Waals surface area contributed by atoms with Crippen LogP contribution in [0.4, 0.5) is 108 Å². The Morgan fingerprint density at radius 2 is 0.662 bits per heavy atom. The van der Waals surface area contributed by atoms with Crippen molar-refractivity contribution >= 4 is 23.1 Å². The predicted octanol–water partition coefficient (Wildman–Crippen LogP) is 14.5. The highest BCUT2D eigenvalue weighted by atomic mass is 32.2. The molecule has 0 unspecified atom stereocenters. The highest BCUT2D eigenvalue weighted by Gasteiger charge is 2.84. The third kappa shape index (κ3) is 10.1. The van der Waals surface area contributed by atoms with Crippen LogP contribution in [0.1, 0.15) is 0 Å². The van der Waals surface area contributed by atoms with Crippen molar-refractivity contribution < 1.29 is 116 Å². The van der Waals surface area contributed by atoms with Gasteiger partial charge in [-0.2, -0.15) is 96.6 Å². The van der Waals surface area contributed by atoms with Crippen LogP contribution in [0.25, 0.3) is 0 Å². The molecule has 4 N–H and O–H groups in total. The summed E-state index contributed by atoms with van der Waals surface area (Å²) in [7, 11) is 0. The SMILES string of the molecule is Nc1ccc(Oc2ccc(Sc3ccc(Oc4ccc(N)c(OC(F)=C(F)C(F)(F)C(F)(F)C(F)(F)C(F)(F)F)c4)cc3)cc2)cc1OC(F)=C(F)C(F)(F)C(F)(F)C(F)(F)C(F)(F)F. The van der Waals surface area contributed by atoms with Crippen LogP contribution in [0.2, 0.25) is 0 Å². The molecule has 0 spiro atoms. The third-order valence-corrected chi connectivity index (χ3v) is 8.93. The Balaban J connectivity index is 1.42. The Morgan fingerprint density at radius 3 is 0.938 bits per heavy atom. The quantitative estimate of drug-likeness (QED) is 0.0657. The number of halogens is 22. The Kier molecular flexibility index (Phi) is 14.1. The van der Waals surface area contributed by atoms with Crippen LogP contribution < -0.4 is 30.4 Å². The topological polar surface area (TPSA) is 89.0 Å². The van der Waals surface area contributed by atoms with Gasteiger partial charge >= 0.3 is 59.9 Å². The van der Waals surface area contributed by atoms with Crippen molar-refractivity contribution in [3.05, 3.63) is 109 Å². The number of nitrogen functional groups attached to an aromatic ring is 2. The maximum atomic E-state index is 14.2. The lowest BCUT2D eigenvalue weighted by Crippen LogP contribution is -2.61. The zero-order valence-electron chi connectivity index (χ0n) is 30.6. The van der Waals surface area contributed by atoms with Crippen molar-refractivity contribution in [3.8, 4) is 34.5 Å². The summed E-state index contributed by atoms with van der Waals surface area (Å²) in [5.41, 5.74) is 9.44. The maximum Gasteiger partial charge on any atom is 0.460 e. The summed E-state index contributed by atoms with van der Waals surface area (Å²) in [4.78, 5) is 0.939. The Hall–Kier alpha value is -6.03. The molecule has 0 saturated carbocycles. The fraction of sp³-hybridized carbons (Fsp3) is 0.222. The molecule has 65 heavy (non-hydrogen) atoms. The molecule has 4 aromatic rings. The minimum atomic E-state index is -7.54. The monoisotopic (exact) mass is 992 g/mol. The zero-order valence-corrected chi connectivity index (χ0v) is 31.4. The lowest BCUT2D eigenvalue weighted by molar-refractivity contribution is -0.392. The molecule has 356 valence electrons. The number of alkyl halides is 18. The maximum absolute atomic E-state index is 14.2. The molecule has 0 fully saturated rings. The first-order valence-electron chi connectivity index (χ1n) is 16.4. The summed E-state index contributed by atoms with van der Waals surface area (Å²) in [5.74, 6) is -55.8. The summed E-state index contributed by atoms with van der Waals surface area (Å²) < 4.78 is 311. The van der Waals surface area contributed by atoms with Crippen molar-refractivity contribution in [2.45, 2.75) is 57.7 Å². The zero-order chi connectivity index (χ0) is 49.5. The van der Waals surface area contributed by atoms with Crippen LogP contribution in [-0.2, 0) is 0 Å².